The summed E-state index contributed by atoms with van der Waals surface area (Å²) in [5.74, 6) is 1.56. The van der Waals surface area contributed by atoms with Gasteiger partial charge in [0.05, 0.1) is 13.1 Å². The molecule has 0 bridgehead atoms. The first kappa shape index (κ1) is 23.0. The Morgan fingerprint density at radius 2 is 1.66 bits per heavy atom. The lowest BCUT2D eigenvalue weighted by Crippen LogP contribution is -2.46. The van der Waals surface area contributed by atoms with E-state index in [9.17, 15) is 9.59 Å². The van der Waals surface area contributed by atoms with E-state index in [1.54, 1.807) is 17.0 Å². The van der Waals surface area contributed by atoms with E-state index in [4.69, 9.17) is 4.98 Å². The summed E-state index contributed by atoms with van der Waals surface area (Å²) in [5, 5.41) is 0. The maximum atomic E-state index is 12.9. The minimum atomic E-state index is -0.436. The number of aromatic amines is 1. The number of nitrogens with zero attached hydrogens (tertiary/aromatic N) is 7. The summed E-state index contributed by atoms with van der Waals surface area (Å²) in [6.07, 6.45) is 5.44. The van der Waals surface area contributed by atoms with Crippen LogP contribution in [0.3, 0.4) is 0 Å². The SMILES string of the molecule is CCCCn1c(CN2CCN(c3ncccn3)CC2)nc2c1c(=O)[nH]c(=O)n2Cc1ccccc1. The van der Waals surface area contributed by atoms with Crippen LogP contribution in [0.2, 0.25) is 0 Å². The number of H-pyrrole nitrogens is 1. The topological polar surface area (TPSA) is 105 Å². The number of imidazole rings is 1. The Labute approximate surface area is 202 Å². The smallest absolute Gasteiger partial charge is 0.330 e. The number of piperazine rings is 1. The van der Waals surface area contributed by atoms with Gasteiger partial charge in [-0.15, -0.1) is 0 Å². The Morgan fingerprint density at radius 3 is 2.37 bits per heavy atom. The Morgan fingerprint density at radius 1 is 0.914 bits per heavy atom. The highest BCUT2D eigenvalue weighted by Crippen LogP contribution is 2.18. The van der Waals surface area contributed by atoms with Crippen molar-refractivity contribution in [3.63, 3.8) is 0 Å². The average molecular weight is 475 g/mol. The van der Waals surface area contributed by atoms with Crippen LogP contribution in [0.4, 0.5) is 5.95 Å². The third kappa shape index (κ3) is 4.88. The van der Waals surface area contributed by atoms with Crippen molar-refractivity contribution in [3.05, 3.63) is 81.0 Å². The van der Waals surface area contributed by atoms with Gasteiger partial charge in [-0.1, -0.05) is 43.7 Å². The van der Waals surface area contributed by atoms with Crippen LogP contribution in [0, 0.1) is 0 Å². The molecule has 1 saturated heterocycles. The number of rotatable bonds is 8. The molecule has 0 amide bonds. The molecule has 0 radical (unpaired) electrons. The quantitative estimate of drug-likeness (QED) is 0.415. The van der Waals surface area contributed by atoms with Gasteiger partial charge in [-0.05, 0) is 18.1 Å². The molecule has 0 saturated carbocycles. The zero-order chi connectivity index (χ0) is 24.2. The van der Waals surface area contributed by atoms with Crippen LogP contribution in [0.25, 0.3) is 11.2 Å². The molecule has 0 atom stereocenters. The minimum absolute atomic E-state index is 0.354. The number of benzene rings is 1. The maximum Gasteiger partial charge on any atom is 0.330 e. The van der Waals surface area contributed by atoms with Gasteiger partial charge in [0.25, 0.3) is 5.56 Å². The first-order valence-electron chi connectivity index (χ1n) is 12.1. The molecule has 1 aromatic carbocycles. The number of unbranched alkanes of at least 4 members (excludes halogenated alkanes) is 1. The summed E-state index contributed by atoms with van der Waals surface area (Å²) >= 11 is 0. The molecule has 1 fully saturated rings. The maximum absolute atomic E-state index is 12.9. The van der Waals surface area contributed by atoms with Crippen molar-refractivity contribution in [1.29, 1.82) is 0 Å². The van der Waals surface area contributed by atoms with E-state index in [1.807, 2.05) is 41.0 Å². The van der Waals surface area contributed by atoms with E-state index in [0.29, 0.717) is 30.8 Å². The number of hydrogen-bond acceptors (Lipinski definition) is 7. The van der Waals surface area contributed by atoms with Gasteiger partial charge in [-0.3, -0.25) is 19.2 Å². The molecule has 0 aliphatic carbocycles. The Bertz CT molecular complexity index is 1390. The third-order valence-electron chi connectivity index (χ3n) is 6.46. The molecule has 1 aliphatic heterocycles. The fourth-order valence-electron chi connectivity index (χ4n) is 4.57. The molecule has 0 spiro atoms. The van der Waals surface area contributed by atoms with Gasteiger partial charge in [0, 0.05) is 45.1 Å². The first-order valence-corrected chi connectivity index (χ1v) is 12.1. The Balaban J connectivity index is 1.45. The predicted molar refractivity (Wildman–Crippen MR) is 135 cm³/mol. The van der Waals surface area contributed by atoms with Crippen LogP contribution < -0.4 is 16.1 Å². The molecule has 10 nitrogen and oxygen atoms in total. The van der Waals surface area contributed by atoms with Crippen molar-refractivity contribution in [2.24, 2.45) is 0 Å². The van der Waals surface area contributed by atoms with Crippen LogP contribution in [0.1, 0.15) is 31.2 Å². The van der Waals surface area contributed by atoms with Crippen LogP contribution in [-0.2, 0) is 19.6 Å². The Hall–Kier alpha value is -3.79. The number of nitrogens with one attached hydrogen (secondary N) is 1. The molecular weight excluding hydrogens is 444 g/mol. The molecule has 4 heterocycles. The van der Waals surface area contributed by atoms with Gasteiger partial charge >= 0.3 is 5.69 Å². The number of aryl methyl sites for hydroxylation is 1. The van der Waals surface area contributed by atoms with Crippen molar-refractivity contribution in [2.45, 2.75) is 39.4 Å². The molecule has 35 heavy (non-hydrogen) atoms. The van der Waals surface area contributed by atoms with E-state index in [0.717, 1.165) is 56.4 Å². The zero-order valence-electron chi connectivity index (χ0n) is 19.9. The molecule has 1 N–H and O–H groups in total. The van der Waals surface area contributed by atoms with E-state index in [2.05, 4.69) is 31.7 Å². The van der Waals surface area contributed by atoms with Crippen molar-refractivity contribution in [2.75, 3.05) is 31.1 Å². The third-order valence-corrected chi connectivity index (χ3v) is 6.46. The fraction of sp³-hybridized carbons (Fsp3) is 0.400. The lowest BCUT2D eigenvalue weighted by Gasteiger charge is -2.34. The monoisotopic (exact) mass is 474 g/mol. The lowest BCUT2D eigenvalue weighted by atomic mass is 10.2. The normalized spacial score (nSPS) is 14.6. The molecular formula is C25H30N8O2. The van der Waals surface area contributed by atoms with Gasteiger partial charge in [-0.2, -0.15) is 0 Å². The molecule has 0 unspecified atom stereocenters. The number of fused-ring (bicyclic) bond motifs is 1. The van der Waals surface area contributed by atoms with E-state index >= 15 is 0 Å². The summed E-state index contributed by atoms with van der Waals surface area (Å²) in [6.45, 7) is 7.08. The van der Waals surface area contributed by atoms with E-state index < -0.39 is 5.69 Å². The van der Waals surface area contributed by atoms with Gasteiger partial charge in [0.1, 0.15) is 5.82 Å². The fourth-order valence-corrected chi connectivity index (χ4v) is 4.57. The summed E-state index contributed by atoms with van der Waals surface area (Å²) in [7, 11) is 0. The summed E-state index contributed by atoms with van der Waals surface area (Å²) in [5.41, 5.74) is 1.09. The highest BCUT2D eigenvalue weighted by molar-refractivity contribution is 5.71. The molecule has 3 aromatic heterocycles. The second kappa shape index (κ2) is 10.2. The van der Waals surface area contributed by atoms with Crippen LogP contribution in [0.5, 0.6) is 0 Å². The summed E-state index contributed by atoms with van der Waals surface area (Å²) in [4.78, 5) is 46.3. The summed E-state index contributed by atoms with van der Waals surface area (Å²) in [6, 6.07) is 11.6. The van der Waals surface area contributed by atoms with E-state index in [1.165, 1.54) is 0 Å². The predicted octanol–water partition coefficient (Wildman–Crippen LogP) is 1.85. The summed E-state index contributed by atoms with van der Waals surface area (Å²) < 4.78 is 3.58. The highest BCUT2D eigenvalue weighted by atomic mass is 16.2. The standard InChI is InChI=1S/C25H30N8O2/c1-2-3-12-32-20(18-30-13-15-31(16-14-30)24-26-10-7-11-27-24)28-22-21(32)23(34)29-25(35)33(22)17-19-8-5-4-6-9-19/h4-11H,2-3,12-18H2,1H3,(H,29,34,35). The van der Waals surface area contributed by atoms with Crippen LogP contribution >= 0.6 is 0 Å². The van der Waals surface area contributed by atoms with Gasteiger partial charge in [0.2, 0.25) is 5.95 Å². The van der Waals surface area contributed by atoms with Crippen molar-refractivity contribution < 1.29 is 0 Å². The first-order chi connectivity index (χ1) is 17.1. The van der Waals surface area contributed by atoms with Crippen LogP contribution in [-0.4, -0.2) is 60.1 Å². The largest absolute Gasteiger partial charge is 0.338 e. The minimum Gasteiger partial charge on any atom is -0.338 e. The van der Waals surface area contributed by atoms with Gasteiger partial charge in [-0.25, -0.2) is 19.7 Å². The second-order valence-corrected chi connectivity index (χ2v) is 8.85. The average Bonchev–Trinajstić information content (AvgIpc) is 3.25. The van der Waals surface area contributed by atoms with Crippen LogP contribution in [0.15, 0.2) is 58.4 Å². The molecule has 4 aromatic rings. The number of hydrogen-bond donors (Lipinski definition) is 1. The molecule has 182 valence electrons. The molecule has 10 heteroatoms. The van der Waals surface area contributed by atoms with Crippen molar-refractivity contribution >= 4 is 17.1 Å². The van der Waals surface area contributed by atoms with Crippen molar-refractivity contribution in [3.8, 4) is 0 Å². The molecule has 1 aliphatic rings. The highest BCUT2D eigenvalue weighted by Gasteiger charge is 2.23. The zero-order valence-corrected chi connectivity index (χ0v) is 19.9. The second-order valence-electron chi connectivity index (χ2n) is 8.85. The molecule has 5 rings (SSSR count). The Kier molecular flexibility index (Phi) is 6.71. The van der Waals surface area contributed by atoms with Gasteiger partial charge in [0.15, 0.2) is 11.2 Å². The van der Waals surface area contributed by atoms with E-state index in [-0.39, 0.29) is 5.56 Å². The van der Waals surface area contributed by atoms with Crippen molar-refractivity contribution in [1.82, 2.24) is 34.0 Å². The van der Waals surface area contributed by atoms with Gasteiger partial charge < -0.3 is 9.47 Å². The number of aromatic nitrogens is 6. The number of anilines is 1. The lowest BCUT2D eigenvalue weighted by molar-refractivity contribution is 0.239.